The molecule has 2 aliphatic heterocycles. The van der Waals surface area contributed by atoms with Gasteiger partial charge in [-0.25, -0.2) is 0 Å². The summed E-state index contributed by atoms with van der Waals surface area (Å²) in [6.45, 7) is 2.36. The second kappa shape index (κ2) is 9.97. The van der Waals surface area contributed by atoms with E-state index < -0.39 is 17.6 Å². The zero-order valence-corrected chi connectivity index (χ0v) is 19.1. The molecule has 7 nitrogen and oxygen atoms in total. The fourth-order valence-electron chi connectivity index (χ4n) is 4.59. The maximum atomic E-state index is 13.0. The van der Waals surface area contributed by atoms with Gasteiger partial charge in [0, 0.05) is 43.2 Å². The van der Waals surface area contributed by atoms with Gasteiger partial charge in [-0.15, -0.1) is 0 Å². The van der Waals surface area contributed by atoms with E-state index in [1.165, 1.54) is 12.1 Å². The lowest BCUT2D eigenvalue weighted by molar-refractivity contribution is -0.137. The molecule has 0 aliphatic carbocycles. The number of nitrogens with zero attached hydrogens (tertiary/aromatic N) is 2. The van der Waals surface area contributed by atoms with Gasteiger partial charge in [-0.3, -0.25) is 14.4 Å². The van der Waals surface area contributed by atoms with Gasteiger partial charge in [0.15, 0.2) is 0 Å². The summed E-state index contributed by atoms with van der Waals surface area (Å²) in [6, 6.07) is 9.18. The Hall–Kier alpha value is -3.56. The molecule has 0 saturated carbocycles. The van der Waals surface area contributed by atoms with Crippen LogP contribution in [-0.2, 0) is 11.0 Å². The molecule has 0 radical (unpaired) electrons. The quantitative estimate of drug-likeness (QED) is 0.668. The summed E-state index contributed by atoms with van der Waals surface area (Å²) in [5.74, 6) is -1.48. The van der Waals surface area contributed by atoms with Crippen molar-refractivity contribution >= 4 is 29.1 Å². The van der Waals surface area contributed by atoms with Gasteiger partial charge >= 0.3 is 6.18 Å². The van der Waals surface area contributed by atoms with Crippen LogP contribution < -0.4 is 16.0 Å². The molecule has 2 saturated heterocycles. The summed E-state index contributed by atoms with van der Waals surface area (Å²) in [4.78, 5) is 41.1. The van der Waals surface area contributed by atoms with E-state index in [1.54, 1.807) is 23.1 Å². The number of hydrogen-bond acceptors (Lipinski definition) is 4. The molecular weight excluding hydrogens is 461 g/mol. The smallest absolute Gasteiger partial charge is 0.370 e. The van der Waals surface area contributed by atoms with Crippen molar-refractivity contribution in [2.24, 2.45) is 11.7 Å². The van der Waals surface area contributed by atoms with Crippen molar-refractivity contribution < 1.29 is 27.6 Å². The Bertz CT molecular complexity index is 1100. The highest BCUT2D eigenvalue weighted by Gasteiger charge is 2.32. The molecule has 10 heteroatoms. The zero-order chi connectivity index (χ0) is 25.2. The Morgan fingerprint density at radius 1 is 0.886 bits per heavy atom. The normalized spacial score (nSPS) is 16.9. The van der Waals surface area contributed by atoms with E-state index in [0.29, 0.717) is 37.2 Å². The summed E-state index contributed by atoms with van der Waals surface area (Å²) >= 11 is 0. The third kappa shape index (κ3) is 5.58. The molecule has 186 valence electrons. The lowest BCUT2D eigenvalue weighted by atomic mass is 9.95. The largest absolute Gasteiger partial charge is 0.416 e. The molecule has 2 heterocycles. The molecule has 2 aromatic rings. The van der Waals surface area contributed by atoms with Gasteiger partial charge in [-0.2, -0.15) is 13.2 Å². The minimum absolute atomic E-state index is 0.180. The van der Waals surface area contributed by atoms with E-state index >= 15 is 0 Å². The Morgan fingerprint density at radius 3 is 2.06 bits per heavy atom. The summed E-state index contributed by atoms with van der Waals surface area (Å²) in [5, 5.41) is 2.95. The number of carbonyl (C=O) groups excluding carboxylic acids is 3. The van der Waals surface area contributed by atoms with E-state index in [0.717, 1.165) is 43.8 Å². The third-order valence-electron chi connectivity index (χ3n) is 6.60. The first-order valence-corrected chi connectivity index (χ1v) is 11.6. The number of rotatable bonds is 5. The predicted octanol–water partition coefficient (Wildman–Crippen LogP) is 3.90. The number of primary amides is 1. The minimum atomic E-state index is -4.46. The number of nitrogens with two attached hydrogens (primary N) is 1. The molecular formula is C25H27F3N4O3. The number of alkyl halides is 3. The average Bonchev–Trinajstić information content (AvgIpc) is 3.38. The highest BCUT2D eigenvalue weighted by atomic mass is 19.4. The zero-order valence-electron chi connectivity index (χ0n) is 19.1. The molecule has 0 unspecified atom stereocenters. The first-order valence-electron chi connectivity index (χ1n) is 11.6. The standard InChI is InChI=1S/C25H27F3N4O3/c26-25(27,28)19-6-3-17(4-7-19)24(35)32-13-9-16(10-14-32)23(34)30-20-15-18(22(29)33)5-8-21(20)31-11-1-2-12-31/h3-8,15-16H,1-2,9-14H2,(H2,29,33)(H,30,34). The number of nitrogens with one attached hydrogen (secondary N) is 1. The van der Waals surface area contributed by atoms with Gasteiger partial charge in [0.2, 0.25) is 11.8 Å². The summed E-state index contributed by atoms with van der Waals surface area (Å²) in [5.41, 5.74) is 6.48. The van der Waals surface area contributed by atoms with E-state index in [4.69, 9.17) is 5.73 Å². The predicted molar refractivity (Wildman–Crippen MR) is 125 cm³/mol. The Labute approximate surface area is 201 Å². The van der Waals surface area contributed by atoms with Crippen LogP contribution in [0.5, 0.6) is 0 Å². The molecule has 0 spiro atoms. The monoisotopic (exact) mass is 488 g/mol. The molecule has 35 heavy (non-hydrogen) atoms. The van der Waals surface area contributed by atoms with Gasteiger partial charge < -0.3 is 20.9 Å². The highest BCUT2D eigenvalue weighted by molar-refractivity contribution is 6.00. The third-order valence-corrected chi connectivity index (χ3v) is 6.60. The van der Waals surface area contributed by atoms with Crippen LogP contribution >= 0.6 is 0 Å². The number of amides is 3. The molecule has 2 fully saturated rings. The number of carbonyl (C=O) groups is 3. The summed E-state index contributed by atoms with van der Waals surface area (Å²) < 4.78 is 38.3. The van der Waals surface area contributed by atoms with Gasteiger partial charge in [0.25, 0.3) is 5.91 Å². The van der Waals surface area contributed by atoms with Crippen LogP contribution in [0.15, 0.2) is 42.5 Å². The van der Waals surface area contributed by atoms with E-state index in [1.807, 2.05) is 0 Å². The SMILES string of the molecule is NC(=O)c1ccc(N2CCCC2)c(NC(=O)C2CCN(C(=O)c3ccc(C(F)(F)F)cc3)CC2)c1. The molecule has 0 atom stereocenters. The molecule has 0 aromatic heterocycles. The molecule has 3 N–H and O–H groups in total. The average molecular weight is 489 g/mol. The van der Waals surface area contributed by atoms with Crippen molar-refractivity contribution in [1.29, 1.82) is 0 Å². The molecule has 2 aliphatic rings. The van der Waals surface area contributed by atoms with Crippen LogP contribution in [0.2, 0.25) is 0 Å². The lowest BCUT2D eigenvalue weighted by Crippen LogP contribution is -2.41. The van der Waals surface area contributed by atoms with Crippen molar-refractivity contribution in [3.8, 4) is 0 Å². The summed E-state index contributed by atoms with van der Waals surface area (Å²) in [7, 11) is 0. The molecule has 0 bridgehead atoms. The minimum Gasteiger partial charge on any atom is -0.370 e. The van der Waals surface area contributed by atoms with Gasteiger partial charge in [0.05, 0.1) is 16.9 Å². The fourth-order valence-corrected chi connectivity index (χ4v) is 4.59. The number of likely N-dealkylation sites (tertiary alicyclic amines) is 1. The van der Waals surface area contributed by atoms with E-state index in [2.05, 4.69) is 10.2 Å². The topological polar surface area (TPSA) is 95.7 Å². The highest BCUT2D eigenvalue weighted by Crippen LogP contribution is 2.32. The van der Waals surface area contributed by atoms with Crippen molar-refractivity contribution in [3.05, 3.63) is 59.2 Å². The van der Waals surface area contributed by atoms with Crippen molar-refractivity contribution in [2.45, 2.75) is 31.9 Å². The second-order valence-corrected chi connectivity index (χ2v) is 8.92. The van der Waals surface area contributed by atoms with Crippen LogP contribution in [0.25, 0.3) is 0 Å². The van der Waals surface area contributed by atoms with Crippen LogP contribution in [0.4, 0.5) is 24.5 Å². The second-order valence-electron chi connectivity index (χ2n) is 8.92. The first kappa shape index (κ1) is 24.6. The van der Waals surface area contributed by atoms with Crippen molar-refractivity contribution in [1.82, 2.24) is 4.90 Å². The van der Waals surface area contributed by atoms with Gasteiger partial charge in [-0.05, 0) is 68.1 Å². The van der Waals surface area contributed by atoms with Crippen LogP contribution in [0.3, 0.4) is 0 Å². The Morgan fingerprint density at radius 2 is 1.49 bits per heavy atom. The van der Waals surface area contributed by atoms with Crippen LogP contribution in [-0.4, -0.2) is 48.8 Å². The molecule has 4 rings (SSSR count). The molecule has 3 amide bonds. The lowest BCUT2D eigenvalue weighted by Gasteiger charge is -2.32. The summed E-state index contributed by atoms with van der Waals surface area (Å²) in [6.07, 6.45) is -1.51. The van der Waals surface area contributed by atoms with Crippen molar-refractivity contribution in [3.63, 3.8) is 0 Å². The van der Waals surface area contributed by atoms with Crippen LogP contribution in [0, 0.1) is 5.92 Å². The number of anilines is 2. The Balaban J connectivity index is 1.39. The number of halogens is 3. The maximum absolute atomic E-state index is 13.0. The van der Waals surface area contributed by atoms with Crippen LogP contribution in [0.1, 0.15) is 52.0 Å². The number of hydrogen-bond donors (Lipinski definition) is 2. The Kier molecular flexibility index (Phi) is 7.00. The van der Waals surface area contributed by atoms with E-state index in [9.17, 15) is 27.6 Å². The fraction of sp³-hybridized carbons (Fsp3) is 0.400. The first-order chi connectivity index (χ1) is 16.6. The maximum Gasteiger partial charge on any atom is 0.416 e. The van der Waals surface area contributed by atoms with Gasteiger partial charge in [-0.1, -0.05) is 0 Å². The number of benzene rings is 2. The molecule has 2 aromatic carbocycles. The van der Waals surface area contributed by atoms with E-state index in [-0.39, 0.29) is 23.3 Å². The van der Waals surface area contributed by atoms with Gasteiger partial charge in [0.1, 0.15) is 0 Å². The van der Waals surface area contributed by atoms with Crippen molar-refractivity contribution in [2.75, 3.05) is 36.4 Å². The number of piperidine rings is 1.